The molecule has 0 radical (unpaired) electrons. The van der Waals surface area contributed by atoms with Crippen molar-refractivity contribution in [3.05, 3.63) is 29.6 Å². The molecule has 0 fully saturated rings. The minimum Gasteiger partial charge on any atom is -0.392 e. The van der Waals surface area contributed by atoms with Crippen LogP contribution in [0.5, 0.6) is 0 Å². The van der Waals surface area contributed by atoms with E-state index in [9.17, 15) is 17.9 Å². The number of sulfonamides is 1. The number of hydrogen-bond acceptors (Lipinski definition) is 4. The number of hydrogen-bond donors (Lipinski definition) is 1. The van der Waals surface area contributed by atoms with Gasteiger partial charge in [0.2, 0.25) is 10.0 Å². The minimum absolute atomic E-state index is 0.176. The third-order valence-corrected chi connectivity index (χ3v) is 5.48. The molecule has 21 heavy (non-hydrogen) atoms. The molecule has 1 aromatic rings. The van der Waals surface area contributed by atoms with E-state index in [-0.39, 0.29) is 29.7 Å². The van der Waals surface area contributed by atoms with Gasteiger partial charge in [-0.1, -0.05) is 13.0 Å². The molecule has 1 rings (SSSR count). The number of nitrogens with zero attached hydrogens (tertiary/aromatic N) is 1. The van der Waals surface area contributed by atoms with E-state index in [4.69, 9.17) is 4.74 Å². The molecule has 7 heteroatoms. The summed E-state index contributed by atoms with van der Waals surface area (Å²) in [5, 5.41) is 9.30. The molecule has 0 bridgehead atoms. The smallest absolute Gasteiger partial charge is 0.243 e. The summed E-state index contributed by atoms with van der Waals surface area (Å²) in [7, 11) is -2.41. The molecule has 0 aliphatic rings. The fourth-order valence-corrected chi connectivity index (χ4v) is 3.90. The van der Waals surface area contributed by atoms with E-state index in [0.29, 0.717) is 6.42 Å². The van der Waals surface area contributed by atoms with Crippen LogP contribution in [0.15, 0.2) is 23.1 Å². The van der Waals surface area contributed by atoms with Crippen molar-refractivity contribution in [1.29, 1.82) is 0 Å². The maximum Gasteiger partial charge on any atom is 0.243 e. The van der Waals surface area contributed by atoms with E-state index in [1.165, 1.54) is 17.5 Å². The van der Waals surface area contributed by atoms with Crippen LogP contribution in [0.25, 0.3) is 0 Å². The molecule has 0 spiro atoms. The van der Waals surface area contributed by atoms with Gasteiger partial charge in [-0.05, 0) is 31.0 Å². The topological polar surface area (TPSA) is 66.8 Å². The third kappa shape index (κ3) is 4.23. The molecule has 1 aromatic carbocycles. The fraction of sp³-hybridized carbons (Fsp3) is 0.571. The minimum atomic E-state index is -3.90. The standard InChI is InChI=1S/C14H22FNO4S/c1-4-11(2)16(7-8-20-3)21(18,19)14-9-13(15)6-5-12(14)10-17/h5-6,9,11,17H,4,7-8,10H2,1-3H3. The van der Waals surface area contributed by atoms with Gasteiger partial charge < -0.3 is 9.84 Å². The van der Waals surface area contributed by atoms with Gasteiger partial charge >= 0.3 is 0 Å². The lowest BCUT2D eigenvalue weighted by atomic mass is 10.2. The zero-order chi connectivity index (χ0) is 16.0. The summed E-state index contributed by atoms with van der Waals surface area (Å²) < 4.78 is 45.2. The lowest BCUT2D eigenvalue weighted by molar-refractivity contribution is 0.167. The number of aliphatic hydroxyl groups excluding tert-OH is 1. The van der Waals surface area contributed by atoms with E-state index in [1.54, 1.807) is 6.92 Å². The summed E-state index contributed by atoms with van der Waals surface area (Å²) in [5.41, 5.74) is 0.183. The van der Waals surface area contributed by atoms with Gasteiger partial charge in [-0.3, -0.25) is 0 Å². The summed E-state index contributed by atoms with van der Waals surface area (Å²) in [5.74, 6) is -0.651. The maximum absolute atomic E-state index is 13.4. The zero-order valence-corrected chi connectivity index (χ0v) is 13.4. The molecule has 0 aliphatic carbocycles. The largest absolute Gasteiger partial charge is 0.392 e. The number of benzene rings is 1. The van der Waals surface area contributed by atoms with Gasteiger partial charge in [0.1, 0.15) is 5.82 Å². The Morgan fingerprint density at radius 1 is 1.43 bits per heavy atom. The average molecular weight is 319 g/mol. The molecule has 1 N–H and O–H groups in total. The highest BCUT2D eigenvalue weighted by Crippen LogP contribution is 2.24. The van der Waals surface area contributed by atoms with Crippen LogP contribution in [0.1, 0.15) is 25.8 Å². The molecule has 0 heterocycles. The summed E-state index contributed by atoms with van der Waals surface area (Å²) in [6.07, 6.45) is 0.618. The van der Waals surface area contributed by atoms with Gasteiger partial charge in [0, 0.05) is 19.7 Å². The molecule has 0 amide bonds. The highest BCUT2D eigenvalue weighted by molar-refractivity contribution is 7.89. The van der Waals surface area contributed by atoms with E-state index in [0.717, 1.165) is 12.1 Å². The second-order valence-corrected chi connectivity index (χ2v) is 6.63. The Bertz CT molecular complexity index is 562. The van der Waals surface area contributed by atoms with E-state index in [2.05, 4.69) is 0 Å². The molecule has 1 unspecified atom stereocenters. The van der Waals surface area contributed by atoms with Crippen LogP contribution in [0.3, 0.4) is 0 Å². The zero-order valence-electron chi connectivity index (χ0n) is 12.5. The molecule has 0 aliphatic heterocycles. The van der Waals surface area contributed by atoms with Crippen LogP contribution in [0.4, 0.5) is 4.39 Å². The van der Waals surface area contributed by atoms with Gasteiger partial charge in [0.05, 0.1) is 18.1 Å². The Hall–Kier alpha value is -1.02. The van der Waals surface area contributed by atoms with Crippen molar-refractivity contribution >= 4 is 10.0 Å². The van der Waals surface area contributed by atoms with E-state index >= 15 is 0 Å². The second kappa shape index (κ2) is 7.84. The predicted octanol–water partition coefficient (Wildman–Crippen LogP) is 1.75. The van der Waals surface area contributed by atoms with Crippen LogP contribution in [0.2, 0.25) is 0 Å². The van der Waals surface area contributed by atoms with Gasteiger partial charge in [0.15, 0.2) is 0 Å². The Morgan fingerprint density at radius 3 is 2.62 bits per heavy atom. The van der Waals surface area contributed by atoms with Crippen molar-refractivity contribution in [2.24, 2.45) is 0 Å². The number of rotatable bonds is 8. The Balaban J connectivity index is 3.31. The normalized spacial score (nSPS) is 13.6. The van der Waals surface area contributed by atoms with Crippen LogP contribution in [-0.4, -0.2) is 44.1 Å². The van der Waals surface area contributed by atoms with Gasteiger partial charge in [0.25, 0.3) is 0 Å². The first kappa shape index (κ1) is 18.0. The van der Waals surface area contributed by atoms with Crippen LogP contribution in [-0.2, 0) is 21.4 Å². The van der Waals surface area contributed by atoms with Crippen molar-refractivity contribution in [2.75, 3.05) is 20.3 Å². The van der Waals surface area contributed by atoms with Gasteiger partial charge in [-0.25, -0.2) is 12.8 Å². The quantitative estimate of drug-likeness (QED) is 0.793. The average Bonchev–Trinajstić information content (AvgIpc) is 2.47. The summed E-state index contributed by atoms with van der Waals surface area (Å²) in [4.78, 5) is -0.193. The predicted molar refractivity (Wildman–Crippen MR) is 77.8 cm³/mol. The third-order valence-electron chi connectivity index (χ3n) is 3.38. The fourth-order valence-electron chi connectivity index (χ4n) is 1.99. The number of halogens is 1. The molecule has 5 nitrogen and oxygen atoms in total. The van der Waals surface area contributed by atoms with Gasteiger partial charge in [-0.2, -0.15) is 4.31 Å². The molecule has 120 valence electrons. The van der Waals surface area contributed by atoms with Crippen molar-refractivity contribution in [3.8, 4) is 0 Å². The SMILES string of the molecule is CCC(C)N(CCOC)S(=O)(=O)c1cc(F)ccc1CO. The molecular formula is C14H22FNO4S. The van der Waals surface area contributed by atoms with Crippen LogP contribution < -0.4 is 0 Å². The monoisotopic (exact) mass is 319 g/mol. The second-order valence-electron chi connectivity index (χ2n) is 4.78. The first-order chi connectivity index (χ1) is 9.88. The molecule has 0 aromatic heterocycles. The van der Waals surface area contributed by atoms with Crippen molar-refractivity contribution in [2.45, 2.75) is 37.8 Å². The first-order valence-electron chi connectivity index (χ1n) is 6.78. The number of aliphatic hydroxyl groups is 1. The van der Waals surface area contributed by atoms with Crippen LogP contribution >= 0.6 is 0 Å². The maximum atomic E-state index is 13.4. The summed E-state index contributed by atoms with van der Waals surface area (Å²) in [6, 6.07) is 3.11. The van der Waals surface area contributed by atoms with E-state index in [1.807, 2.05) is 6.92 Å². The summed E-state index contributed by atoms with van der Waals surface area (Å²) >= 11 is 0. The highest BCUT2D eigenvalue weighted by Gasteiger charge is 2.30. The van der Waals surface area contributed by atoms with E-state index < -0.39 is 22.4 Å². The number of methoxy groups -OCH3 is 1. The molecule has 1 atom stereocenters. The van der Waals surface area contributed by atoms with Crippen molar-refractivity contribution in [3.63, 3.8) is 0 Å². The van der Waals surface area contributed by atoms with Crippen molar-refractivity contribution < 1.29 is 22.7 Å². The first-order valence-corrected chi connectivity index (χ1v) is 8.22. The van der Waals surface area contributed by atoms with Crippen LogP contribution in [0, 0.1) is 5.82 Å². The molecule has 0 saturated carbocycles. The Labute approximate surface area is 125 Å². The number of ether oxygens (including phenoxy) is 1. The molecular weight excluding hydrogens is 297 g/mol. The van der Waals surface area contributed by atoms with Gasteiger partial charge in [-0.15, -0.1) is 0 Å². The van der Waals surface area contributed by atoms with Crippen molar-refractivity contribution in [1.82, 2.24) is 4.31 Å². The highest BCUT2D eigenvalue weighted by atomic mass is 32.2. The molecule has 0 saturated heterocycles. The lowest BCUT2D eigenvalue weighted by Gasteiger charge is -2.28. The Kier molecular flexibility index (Phi) is 6.73. The lowest BCUT2D eigenvalue weighted by Crippen LogP contribution is -2.40. The Morgan fingerprint density at radius 2 is 2.10 bits per heavy atom. The summed E-state index contributed by atoms with van der Waals surface area (Å²) in [6.45, 7) is 3.61.